The molecule has 0 spiro atoms. The summed E-state index contributed by atoms with van der Waals surface area (Å²) in [5, 5.41) is 0. The number of rotatable bonds is 2. The summed E-state index contributed by atoms with van der Waals surface area (Å²) in [4.78, 5) is 2.39. The highest BCUT2D eigenvalue weighted by molar-refractivity contribution is 5.31. The summed E-state index contributed by atoms with van der Waals surface area (Å²) in [6.45, 7) is 3.05. The second-order valence-electron chi connectivity index (χ2n) is 4.15. The first-order valence-corrected chi connectivity index (χ1v) is 5.27. The topological polar surface area (TPSA) is 29.3 Å². The molecule has 0 aliphatic carbocycles. The molecule has 1 heterocycles. The molecule has 0 amide bonds. The lowest BCUT2D eigenvalue weighted by molar-refractivity contribution is 0.411. The summed E-state index contributed by atoms with van der Waals surface area (Å²) in [6, 6.07) is 8.57. The minimum absolute atomic E-state index is 0.663. The fourth-order valence-electron chi connectivity index (χ4n) is 2.31. The van der Waals surface area contributed by atoms with Crippen LogP contribution in [-0.4, -0.2) is 25.0 Å². The van der Waals surface area contributed by atoms with Crippen LogP contribution >= 0.6 is 0 Å². The lowest BCUT2D eigenvalue weighted by atomic mass is 9.93. The van der Waals surface area contributed by atoms with Crippen LogP contribution in [0.1, 0.15) is 23.5 Å². The Balaban J connectivity index is 2.22. The fourth-order valence-corrected chi connectivity index (χ4v) is 2.31. The van der Waals surface area contributed by atoms with Crippen molar-refractivity contribution in [2.75, 3.05) is 20.1 Å². The normalized spacial score (nSPS) is 22.9. The zero-order valence-electron chi connectivity index (χ0n) is 8.74. The van der Waals surface area contributed by atoms with Gasteiger partial charge in [0.15, 0.2) is 0 Å². The summed E-state index contributed by atoms with van der Waals surface area (Å²) in [5.41, 5.74) is 8.51. The van der Waals surface area contributed by atoms with E-state index in [1.54, 1.807) is 0 Å². The van der Waals surface area contributed by atoms with E-state index in [0.717, 1.165) is 0 Å². The van der Waals surface area contributed by atoms with Crippen LogP contribution in [0.25, 0.3) is 0 Å². The molecular weight excluding hydrogens is 172 g/mol. The third-order valence-electron chi connectivity index (χ3n) is 3.11. The SMILES string of the molecule is CN1CCC(c2ccccc2CN)C1. The number of nitrogens with zero attached hydrogens (tertiary/aromatic N) is 1. The third kappa shape index (κ3) is 1.81. The average Bonchev–Trinajstić information content (AvgIpc) is 2.65. The predicted molar refractivity (Wildman–Crippen MR) is 59.2 cm³/mol. The third-order valence-corrected chi connectivity index (χ3v) is 3.11. The maximum absolute atomic E-state index is 5.74. The van der Waals surface area contributed by atoms with Gasteiger partial charge in [-0.2, -0.15) is 0 Å². The Morgan fingerprint density at radius 2 is 2.21 bits per heavy atom. The van der Waals surface area contributed by atoms with E-state index in [0.29, 0.717) is 12.5 Å². The van der Waals surface area contributed by atoms with Crippen LogP contribution in [0.15, 0.2) is 24.3 Å². The average molecular weight is 190 g/mol. The predicted octanol–water partition coefficient (Wildman–Crippen LogP) is 1.56. The zero-order chi connectivity index (χ0) is 9.97. The van der Waals surface area contributed by atoms with Crippen molar-refractivity contribution in [1.82, 2.24) is 4.90 Å². The van der Waals surface area contributed by atoms with Crippen molar-refractivity contribution >= 4 is 0 Å². The summed E-state index contributed by atoms with van der Waals surface area (Å²) in [7, 11) is 2.19. The van der Waals surface area contributed by atoms with Crippen molar-refractivity contribution in [3.05, 3.63) is 35.4 Å². The molecule has 2 rings (SSSR count). The van der Waals surface area contributed by atoms with E-state index in [4.69, 9.17) is 5.73 Å². The highest BCUT2D eigenvalue weighted by atomic mass is 15.1. The van der Waals surface area contributed by atoms with Gasteiger partial charge in [-0.3, -0.25) is 0 Å². The molecule has 1 aromatic carbocycles. The number of nitrogens with two attached hydrogens (primary N) is 1. The molecule has 1 aliphatic heterocycles. The maximum Gasteiger partial charge on any atom is 0.0180 e. The molecule has 1 aromatic rings. The van der Waals surface area contributed by atoms with E-state index in [2.05, 4.69) is 36.2 Å². The van der Waals surface area contributed by atoms with Crippen molar-refractivity contribution in [1.29, 1.82) is 0 Å². The van der Waals surface area contributed by atoms with E-state index in [1.807, 2.05) is 0 Å². The first-order valence-electron chi connectivity index (χ1n) is 5.27. The van der Waals surface area contributed by atoms with Crippen molar-refractivity contribution in [3.63, 3.8) is 0 Å². The highest BCUT2D eigenvalue weighted by Gasteiger charge is 2.22. The Bertz CT molecular complexity index is 309. The molecule has 2 N–H and O–H groups in total. The number of likely N-dealkylation sites (N-methyl/N-ethyl adjacent to an activating group) is 1. The van der Waals surface area contributed by atoms with Gasteiger partial charge in [0.05, 0.1) is 0 Å². The molecule has 1 atom stereocenters. The Kier molecular flexibility index (Phi) is 2.85. The quantitative estimate of drug-likeness (QED) is 0.767. The lowest BCUT2D eigenvalue weighted by Gasteiger charge is -2.14. The molecule has 1 unspecified atom stereocenters. The first kappa shape index (κ1) is 9.69. The smallest absolute Gasteiger partial charge is 0.0180 e. The second-order valence-corrected chi connectivity index (χ2v) is 4.15. The molecule has 0 bridgehead atoms. The van der Waals surface area contributed by atoms with Crippen LogP contribution in [0, 0.1) is 0 Å². The highest BCUT2D eigenvalue weighted by Crippen LogP contribution is 2.28. The van der Waals surface area contributed by atoms with Gasteiger partial charge >= 0.3 is 0 Å². The van der Waals surface area contributed by atoms with Gasteiger partial charge in [0.1, 0.15) is 0 Å². The summed E-state index contributed by atoms with van der Waals surface area (Å²) in [6.07, 6.45) is 1.27. The number of hydrogen-bond donors (Lipinski definition) is 1. The minimum Gasteiger partial charge on any atom is -0.326 e. The summed E-state index contributed by atoms with van der Waals surface area (Å²) in [5.74, 6) is 0.694. The zero-order valence-corrected chi connectivity index (χ0v) is 8.74. The van der Waals surface area contributed by atoms with Crippen molar-refractivity contribution in [2.45, 2.75) is 18.9 Å². The minimum atomic E-state index is 0.663. The Labute approximate surface area is 85.7 Å². The van der Waals surface area contributed by atoms with E-state index in [-0.39, 0.29) is 0 Å². The van der Waals surface area contributed by atoms with Crippen LogP contribution < -0.4 is 5.73 Å². The Hall–Kier alpha value is -0.860. The molecule has 14 heavy (non-hydrogen) atoms. The Morgan fingerprint density at radius 3 is 2.86 bits per heavy atom. The van der Waals surface area contributed by atoms with Crippen molar-refractivity contribution < 1.29 is 0 Å². The van der Waals surface area contributed by atoms with E-state index in [9.17, 15) is 0 Å². The van der Waals surface area contributed by atoms with Gasteiger partial charge in [-0.05, 0) is 37.1 Å². The summed E-state index contributed by atoms with van der Waals surface area (Å²) < 4.78 is 0. The van der Waals surface area contributed by atoms with Gasteiger partial charge in [0, 0.05) is 13.1 Å². The standard InChI is InChI=1S/C12H18N2/c1-14-7-6-11(9-14)12-5-3-2-4-10(12)8-13/h2-5,11H,6-9,13H2,1H3. The van der Waals surface area contributed by atoms with Crippen LogP contribution in [-0.2, 0) is 6.54 Å². The maximum atomic E-state index is 5.74. The lowest BCUT2D eigenvalue weighted by Crippen LogP contribution is -2.14. The van der Waals surface area contributed by atoms with Crippen molar-refractivity contribution in [2.24, 2.45) is 5.73 Å². The first-order chi connectivity index (χ1) is 6.81. The van der Waals surface area contributed by atoms with E-state index >= 15 is 0 Å². The molecule has 1 aliphatic rings. The van der Waals surface area contributed by atoms with Crippen LogP contribution in [0.5, 0.6) is 0 Å². The summed E-state index contributed by atoms with van der Waals surface area (Å²) >= 11 is 0. The number of likely N-dealkylation sites (tertiary alicyclic amines) is 1. The second kappa shape index (κ2) is 4.11. The molecule has 0 radical (unpaired) electrons. The van der Waals surface area contributed by atoms with Gasteiger partial charge in [-0.15, -0.1) is 0 Å². The number of benzene rings is 1. The fraction of sp³-hybridized carbons (Fsp3) is 0.500. The molecule has 76 valence electrons. The van der Waals surface area contributed by atoms with Gasteiger partial charge in [0.2, 0.25) is 0 Å². The van der Waals surface area contributed by atoms with Gasteiger partial charge in [0.25, 0.3) is 0 Å². The van der Waals surface area contributed by atoms with Crippen LogP contribution in [0.2, 0.25) is 0 Å². The monoisotopic (exact) mass is 190 g/mol. The van der Waals surface area contributed by atoms with Gasteiger partial charge in [-0.25, -0.2) is 0 Å². The van der Waals surface area contributed by atoms with E-state index < -0.39 is 0 Å². The van der Waals surface area contributed by atoms with Gasteiger partial charge < -0.3 is 10.6 Å². The van der Waals surface area contributed by atoms with E-state index in [1.165, 1.54) is 30.6 Å². The molecule has 0 saturated carbocycles. The van der Waals surface area contributed by atoms with Gasteiger partial charge in [-0.1, -0.05) is 24.3 Å². The molecule has 2 heteroatoms. The molecule has 1 fully saturated rings. The van der Waals surface area contributed by atoms with Crippen molar-refractivity contribution in [3.8, 4) is 0 Å². The molecule has 1 saturated heterocycles. The Morgan fingerprint density at radius 1 is 1.43 bits per heavy atom. The largest absolute Gasteiger partial charge is 0.326 e. The van der Waals surface area contributed by atoms with Crippen LogP contribution in [0.3, 0.4) is 0 Å². The van der Waals surface area contributed by atoms with Crippen LogP contribution in [0.4, 0.5) is 0 Å². The molecular formula is C12H18N2. The molecule has 2 nitrogen and oxygen atoms in total. The number of hydrogen-bond acceptors (Lipinski definition) is 2. The molecule has 0 aromatic heterocycles.